The summed E-state index contributed by atoms with van der Waals surface area (Å²) in [5.41, 5.74) is 0.564. The van der Waals surface area contributed by atoms with Gasteiger partial charge in [0.2, 0.25) is 5.95 Å². The highest BCUT2D eigenvalue weighted by atomic mass is 35.5. The van der Waals surface area contributed by atoms with Gasteiger partial charge in [-0.3, -0.25) is 4.98 Å². The van der Waals surface area contributed by atoms with Gasteiger partial charge in [-0.25, -0.2) is 4.98 Å². The van der Waals surface area contributed by atoms with Gasteiger partial charge in [0.1, 0.15) is 5.82 Å². The maximum Gasteiger partial charge on any atom is 0.416 e. The molecular formula is C20H19ClF3N5. The van der Waals surface area contributed by atoms with Crippen LogP contribution in [0.25, 0.3) is 11.3 Å². The highest BCUT2D eigenvalue weighted by Gasteiger charge is 2.31. The first-order valence-corrected chi connectivity index (χ1v) is 9.10. The average molecular weight is 422 g/mol. The van der Waals surface area contributed by atoms with E-state index in [2.05, 4.69) is 25.6 Å². The smallest absolute Gasteiger partial charge is 0.350 e. The normalized spacial score (nSPS) is 12.0. The maximum absolute atomic E-state index is 12.9. The van der Waals surface area contributed by atoms with Crippen molar-refractivity contribution in [2.24, 2.45) is 0 Å². The minimum atomic E-state index is -4.46. The molecule has 0 radical (unpaired) electrons. The van der Waals surface area contributed by atoms with Crippen molar-refractivity contribution in [3.8, 4) is 11.3 Å². The lowest BCUT2D eigenvalue weighted by molar-refractivity contribution is -0.137. The van der Waals surface area contributed by atoms with Crippen LogP contribution < -0.4 is 10.6 Å². The van der Waals surface area contributed by atoms with Gasteiger partial charge in [-0.05, 0) is 51.1 Å². The second kappa shape index (κ2) is 7.87. The Labute approximate surface area is 171 Å². The van der Waals surface area contributed by atoms with Gasteiger partial charge >= 0.3 is 6.18 Å². The first kappa shape index (κ1) is 20.9. The molecule has 0 spiro atoms. The lowest BCUT2D eigenvalue weighted by Gasteiger charge is -2.21. The van der Waals surface area contributed by atoms with Gasteiger partial charge in [-0.1, -0.05) is 11.6 Å². The number of nitrogens with zero attached hydrogens (tertiary/aromatic N) is 3. The predicted molar refractivity (Wildman–Crippen MR) is 108 cm³/mol. The van der Waals surface area contributed by atoms with Gasteiger partial charge in [0.15, 0.2) is 0 Å². The topological polar surface area (TPSA) is 62.7 Å². The van der Waals surface area contributed by atoms with E-state index in [1.165, 1.54) is 6.07 Å². The molecule has 9 heteroatoms. The van der Waals surface area contributed by atoms with Crippen LogP contribution in [0.15, 0.2) is 48.8 Å². The van der Waals surface area contributed by atoms with E-state index < -0.39 is 11.7 Å². The molecule has 0 bridgehead atoms. The van der Waals surface area contributed by atoms with Crippen molar-refractivity contribution < 1.29 is 13.2 Å². The highest BCUT2D eigenvalue weighted by molar-refractivity contribution is 6.33. The molecule has 3 aromatic rings. The summed E-state index contributed by atoms with van der Waals surface area (Å²) in [6, 6.07) is 8.43. The van der Waals surface area contributed by atoms with Crippen molar-refractivity contribution in [2.75, 3.05) is 10.6 Å². The molecular weight excluding hydrogens is 403 g/mol. The third-order valence-corrected chi connectivity index (χ3v) is 4.04. The van der Waals surface area contributed by atoms with Gasteiger partial charge < -0.3 is 10.6 Å². The molecule has 2 N–H and O–H groups in total. The number of halogens is 4. The van der Waals surface area contributed by atoms with E-state index in [0.717, 1.165) is 17.7 Å². The molecule has 1 aromatic carbocycles. The largest absolute Gasteiger partial charge is 0.416 e. The van der Waals surface area contributed by atoms with Crippen LogP contribution in [0.3, 0.4) is 0 Å². The molecule has 2 heterocycles. The second-order valence-corrected chi connectivity index (χ2v) is 7.80. The van der Waals surface area contributed by atoms with Crippen LogP contribution in [0.4, 0.5) is 30.6 Å². The maximum atomic E-state index is 12.9. The van der Waals surface area contributed by atoms with Crippen LogP contribution in [0.2, 0.25) is 5.02 Å². The van der Waals surface area contributed by atoms with Crippen molar-refractivity contribution in [2.45, 2.75) is 32.5 Å². The lowest BCUT2D eigenvalue weighted by Crippen LogP contribution is -2.27. The molecule has 0 atom stereocenters. The lowest BCUT2D eigenvalue weighted by atomic mass is 10.1. The minimum Gasteiger partial charge on any atom is -0.350 e. The standard InChI is InChI=1S/C20H19ClF3N5/c1-19(2,3)29-18-27-16(12-5-4-8-25-11-12)10-17(28-18)26-15-7-6-13(9-14(15)21)20(22,23)24/h4-11H,1-3H3,(H2,26,27,28,29). The second-order valence-electron chi connectivity index (χ2n) is 7.40. The number of anilines is 3. The third-order valence-electron chi connectivity index (χ3n) is 3.73. The quantitative estimate of drug-likeness (QED) is 0.527. The minimum absolute atomic E-state index is 0.0632. The van der Waals surface area contributed by atoms with Crippen molar-refractivity contribution in [3.05, 3.63) is 59.4 Å². The van der Waals surface area contributed by atoms with E-state index in [4.69, 9.17) is 11.6 Å². The van der Waals surface area contributed by atoms with Gasteiger partial charge in [0.25, 0.3) is 0 Å². The summed E-state index contributed by atoms with van der Waals surface area (Å²) >= 11 is 6.06. The molecule has 152 valence electrons. The first-order chi connectivity index (χ1) is 13.5. The molecule has 29 heavy (non-hydrogen) atoms. The van der Waals surface area contributed by atoms with Crippen LogP contribution >= 0.6 is 11.6 Å². The molecule has 2 aromatic heterocycles. The van der Waals surface area contributed by atoms with Crippen molar-refractivity contribution >= 4 is 29.1 Å². The summed E-state index contributed by atoms with van der Waals surface area (Å²) in [6.07, 6.45) is -1.15. The summed E-state index contributed by atoms with van der Waals surface area (Å²) in [7, 11) is 0. The molecule has 0 saturated heterocycles. The van der Waals surface area contributed by atoms with Crippen LogP contribution in [-0.4, -0.2) is 20.5 Å². The van der Waals surface area contributed by atoms with E-state index in [1.807, 2.05) is 26.8 Å². The zero-order chi connectivity index (χ0) is 21.2. The van der Waals surface area contributed by atoms with Gasteiger partial charge in [0.05, 0.1) is 22.0 Å². The Morgan fingerprint density at radius 1 is 1.00 bits per heavy atom. The Balaban J connectivity index is 1.99. The van der Waals surface area contributed by atoms with Crippen LogP contribution in [0.5, 0.6) is 0 Å². The molecule has 0 saturated carbocycles. The fraction of sp³-hybridized carbons (Fsp3) is 0.250. The summed E-state index contributed by atoms with van der Waals surface area (Å²) in [6.45, 7) is 5.90. The number of benzene rings is 1. The fourth-order valence-corrected chi connectivity index (χ4v) is 2.72. The molecule has 0 aliphatic rings. The van der Waals surface area contributed by atoms with E-state index >= 15 is 0 Å². The zero-order valence-corrected chi connectivity index (χ0v) is 16.7. The van der Waals surface area contributed by atoms with Gasteiger partial charge in [-0.15, -0.1) is 0 Å². The summed E-state index contributed by atoms with van der Waals surface area (Å²) in [4.78, 5) is 13.0. The van der Waals surface area contributed by atoms with Gasteiger partial charge in [-0.2, -0.15) is 18.2 Å². The zero-order valence-electron chi connectivity index (χ0n) is 16.0. The number of rotatable bonds is 4. The Morgan fingerprint density at radius 2 is 1.76 bits per heavy atom. The summed E-state index contributed by atoms with van der Waals surface area (Å²) < 4.78 is 38.6. The van der Waals surface area contributed by atoms with Crippen LogP contribution in [0.1, 0.15) is 26.3 Å². The predicted octanol–water partition coefficient (Wildman–Crippen LogP) is 6.16. The first-order valence-electron chi connectivity index (χ1n) is 8.73. The van der Waals surface area contributed by atoms with E-state index in [1.54, 1.807) is 24.5 Å². The number of nitrogens with one attached hydrogen (secondary N) is 2. The van der Waals surface area contributed by atoms with Crippen molar-refractivity contribution in [1.82, 2.24) is 15.0 Å². The van der Waals surface area contributed by atoms with E-state index in [0.29, 0.717) is 23.1 Å². The molecule has 0 unspecified atom stereocenters. The Hall–Kier alpha value is -2.87. The number of pyridine rings is 1. The third kappa shape index (κ3) is 5.57. The van der Waals surface area contributed by atoms with Crippen molar-refractivity contribution in [3.63, 3.8) is 0 Å². The Bertz CT molecular complexity index is 1000. The monoisotopic (exact) mass is 421 g/mol. The van der Waals surface area contributed by atoms with E-state index in [-0.39, 0.29) is 10.6 Å². The molecule has 0 aliphatic heterocycles. The van der Waals surface area contributed by atoms with Crippen LogP contribution in [-0.2, 0) is 6.18 Å². The van der Waals surface area contributed by atoms with Crippen molar-refractivity contribution in [1.29, 1.82) is 0 Å². The summed E-state index contributed by atoms with van der Waals surface area (Å²) in [5, 5.41) is 6.11. The molecule has 5 nitrogen and oxygen atoms in total. The summed E-state index contributed by atoms with van der Waals surface area (Å²) in [5.74, 6) is 0.747. The Morgan fingerprint density at radius 3 is 2.34 bits per heavy atom. The van der Waals surface area contributed by atoms with E-state index in [9.17, 15) is 13.2 Å². The Kier molecular flexibility index (Phi) is 5.66. The van der Waals surface area contributed by atoms with Gasteiger partial charge in [0, 0.05) is 29.6 Å². The number of aromatic nitrogens is 3. The number of alkyl halides is 3. The molecule has 3 rings (SSSR count). The number of hydrogen-bond donors (Lipinski definition) is 2. The SMILES string of the molecule is CC(C)(C)Nc1nc(Nc2ccc(C(F)(F)F)cc2Cl)cc(-c2cccnc2)n1. The highest BCUT2D eigenvalue weighted by Crippen LogP contribution is 2.35. The fourth-order valence-electron chi connectivity index (χ4n) is 2.50. The molecule has 0 aliphatic carbocycles. The molecule has 0 fully saturated rings. The number of hydrogen-bond acceptors (Lipinski definition) is 5. The van der Waals surface area contributed by atoms with Crippen LogP contribution in [0, 0.1) is 0 Å². The molecule has 0 amide bonds. The average Bonchev–Trinajstić information content (AvgIpc) is 2.61.